The molecule has 0 aromatic heterocycles. The van der Waals surface area contributed by atoms with Crippen molar-refractivity contribution in [3.63, 3.8) is 0 Å². The van der Waals surface area contributed by atoms with Crippen LogP contribution in [-0.4, -0.2) is 44.5 Å². The van der Waals surface area contributed by atoms with Gasteiger partial charge in [-0.3, -0.25) is 0 Å². The molecule has 1 aromatic rings. The molecule has 0 atom stereocenters. The lowest BCUT2D eigenvalue weighted by molar-refractivity contribution is -0.147. The Kier molecular flexibility index (Phi) is 8.32. The molecule has 0 spiro atoms. The molecule has 0 aliphatic heterocycles. The van der Waals surface area contributed by atoms with Crippen molar-refractivity contribution >= 4 is 18.0 Å². The van der Waals surface area contributed by atoms with Gasteiger partial charge in [-0.15, -0.1) is 0 Å². The summed E-state index contributed by atoms with van der Waals surface area (Å²) < 4.78 is 20.2. The molecular weight excluding hydrogens is 328 g/mol. The zero-order valence-electron chi connectivity index (χ0n) is 15.0. The van der Waals surface area contributed by atoms with Crippen LogP contribution < -0.4 is 9.47 Å². The summed E-state index contributed by atoms with van der Waals surface area (Å²) in [4.78, 5) is 24.4. The molecule has 0 heterocycles. The minimum absolute atomic E-state index is 0.147. The number of rotatable bonds is 9. The number of carbonyl (C=O) groups is 2. The summed E-state index contributed by atoms with van der Waals surface area (Å²) in [6.07, 6.45) is 2.58. The van der Waals surface area contributed by atoms with Crippen LogP contribution in [0.2, 0.25) is 0 Å². The van der Waals surface area contributed by atoms with Crippen molar-refractivity contribution in [2.45, 2.75) is 26.7 Å². The lowest BCUT2D eigenvalue weighted by Gasteiger charge is -2.11. The molecule has 25 heavy (non-hydrogen) atoms. The van der Waals surface area contributed by atoms with E-state index >= 15 is 0 Å². The van der Waals surface area contributed by atoms with Crippen LogP contribution in [0.5, 0.6) is 17.2 Å². The first-order valence-electron chi connectivity index (χ1n) is 7.99. The van der Waals surface area contributed by atoms with E-state index in [1.54, 1.807) is 0 Å². The second kappa shape index (κ2) is 10.2. The van der Waals surface area contributed by atoms with E-state index in [2.05, 4.69) is 0 Å². The molecule has 0 unspecified atom stereocenters. The van der Waals surface area contributed by atoms with Gasteiger partial charge in [0.05, 0.1) is 27.4 Å². The molecule has 0 aliphatic carbocycles. The number of aromatic hydroxyl groups is 1. The largest absolute Gasteiger partial charge is 0.502 e. The van der Waals surface area contributed by atoms with E-state index in [1.165, 1.54) is 32.4 Å². The number of methoxy groups -OCH3 is 2. The predicted octanol–water partition coefficient (Wildman–Crippen LogP) is 2.70. The monoisotopic (exact) mass is 352 g/mol. The third-order valence-electron chi connectivity index (χ3n) is 3.13. The third-order valence-corrected chi connectivity index (χ3v) is 3.13. The smallest absolute Gasteiger partial charge is 0.345 e. The molecular formula is C18H24O7. The predicted molar refractivity (Wildman–Crippen MR) is 91.7 cm³/mol. The van der Waals surface area contributed by atoms with E-state index in [1.807, 2.05) is 13.8 Å². The summed E-state index contributed by atoms with van der Waals surface area (Å²) in [6.45, 7) is 4.09. The molecule has 0 saturated heterocycles. The topological polar surface area (TPSA) is 91.3 Å². The normalized spacial score (nSPS) is 9.92. The Labute approximate surface area is 147 Å². The van der Waals surface area contributed by atoms with Crippen LogP contribution in [0.4, 0.5) is 0 Å². The highest BCUT2D eigenvalue weighted by Gasteiger charge is 2.22. The quantitative estimate of drug-likeness (QED) is 0.316. The maximum atomic E-state index is 12.2. The molecule has 0 saturated carbocycles. The highest BCUT2D eigenvalue weighted by molar-refractivity contribution is 6.17. The first-order chi connectivity index (χ1) is 12.0. The summed E-state index contributed by atoms with van der Waals surface area (Å²) in [6, 6.07) is 2.94. The molecule has 0 radical (unpaired) electrons. The van der Waals surface area contributed by atoms with Gasteiger partial charge in [0, 0.05) is 0 Å². The fraction of sp³-hybridized carbons (Fsp3) is 0.444. The Hall–Kier alpha value is -2.70. The number of phenolic OH excluding ortho intramolecular Hbond substituents is 1. The summed E-state index contributed by atoms with van der Waals surface area (Å²) in [7, 11) is 2.77. The lowest BCUT2D eigenvalue weighted by atomic mass is 10.1. The number of hydrogen-bond acceptors (Lipinski definition) is 7. The zero-order chi connectivity index (χ0) is 18.8. The van der Waals surface area contributed by atoms with Crippen LogP contribution in [0.15, 0.2) is 17.7 Å². The van der Waals surface area contributed by atoms with Crippen molar-refractivity contribution in [1.29, 1.82) is 0 Å². The second-order valence-corrected chi connectivity index (χ2v) is 5.10. The van der Waals surface area contributed by atoms with Gasteiger partial charge in [-0.2, -0.15) is 0 Å². The highest BCUT2D eigenvalue weighted by Crippen LogP contribution is 2.37. The van der Waals surface area contributed by atoms with Crippen molar-refractivity contribution in [2.75, 3.05) is 27.4 Å². The van der Waals surface area contributed by atoms with E-state index in [-0.39, 0.29) is 36.0 Å². The van der Waals surface area contributed by atoms with E-state index in [9.17, 15) is 14.7 Å². The van der Waals surface area contributed by atoms with Crippen LogP contribution in [0, 0.1) is 0 Å². The average Bonchev–Trinajstić information content (AvgIpc) is 2.62. The standard InChI is InChI=1S/C18H24O7/c1-5-7-24-17(20)13(18(21)25-8-6-2)9-12-10-14(22-3)16(19)15(11-12)23-4/h9-11,19H,5-8H2,1-4H3. The maximum Gasteiger partial charge on any atom is 0.345 e. The van der Waals surface area contributed by atoms with Crippen molar-refractivity contribution in [1.82, 2.24) is 0 Å². The first kappa shape index (κ1) is 20.3. The van der Waals surface area contributed by atoms with Crippen molar-refractivity contribution < 1.29 is 33.6 Å². The van der Waals surface area contributed by atoms with E-state index in [0.717, 1.165) is 0 Å². The van der Waals surface area contributed by atoms with Crippen molar-refractivity contribution in [2.24, 2.45) is 0 Å². The number of hydrogen-bond donors (Lipinski definition) is 1. The minimum atomic E-state index is -0.769. The Bertz CT molecular complexity index is 587. The van der Waals surface area contributed by atoms with E-state index < -0.39 is 11.9 Å². The van der Waals surface area contributed by atoms with Crippen LogP contribution in [0.25, 0.3) is 6.08 Å². The van der Waals surface area contributed by atoms with Gasteiger partial charge in [0.2, 0.25) is 5.75 Å². The van der Waals surface area contributed by atoms with Crippen LogP contribution in [0.3, 0.4) is 0 Å². The molecule has 0 fully saturated rings. The molecule has 7 heteroatoms. The molecule has 1 rings (SSSR count). The van der Waals surface area contributed by atoms with Crippen molar-refractivity contribution in [3.8, 4) is 17.2 Å². The first-order valence-corrected chi connectivity index (χ1v) is 7.99. The number of carbonyl (C=O) groups excluding carboxylic acids is 2. The van der Waals surface area contributed by atoms with Crippen molar-refractivity contribution in [3.05, 3.63) is 23.3 Å². The number of ether oxygens (including phenoxy) is 4. The minimum Gasteiger partial charge on any atom is -0.502 e. The molecule has 0 aliphatic rings. The molecule has 0 amide bonds. The van der Waals surface area contributed by atoms with Gasteiger partial charge in [-0.25, -0.2) is 9.59 Å². The van der Waals surface area contributed by atoms with E-state index in [0.29, 0.717) is 18.4 Å². The molecule has 1 aromatic carbocycles. The Morgan fingerprint density at radius 2 is 1.40 bits per heavy atom. The summed E-state index contributed by atoms with van der Waals surface area (Å²) in [5.41, 5.74) is 0.181. The van der Waals surface area contributed by atoms with Crippen LogP contribution in [-0.2, 0) is 19.1 Å². The highest BCUT2D eigenvalue weighted by atomic mass is 16.6. The lowest BCUT2D eigenvalue weighted by Crippen LogP contribution is -2.19. The fourth-order valence-electron chi connectivity index (χ4n) is 1.91. The fourth-order valence-corrected chi connectivity index (χ4v) is 1.91. The van der Waals surface area contributed by atoms with Gasteiger partial charge in [0.1, 0.15) is 5.57 Å². The average molecular weight is 352 g/mol. The molecule has 138 valence electrons. The number of phenols is 1. The summed E-state index contributed by atoms with van der Waals surface area (Å²) in [5.74, 6) is -1.42. The molecule has 0 bridgehead atoms. The Morgan fingerprint density at radius 3 is 1.76 bits per heavy atom. The van der Waals surface area contributed by atoms with E-state index in [4.69, 9.17) is 18.9 Å². The van der Waals surface area contributed by atoms with Gasteiger partial charge in [0.15, 0.2) is 11.5 Å². The number of benzene rings is 1. The second-order valence-electron chi connectivity index (χ2n) is 5.10. The molecule has 1 N–H and O–H groups in total. The third kappa shape index (κ3) is 5.70. The van der Waals surface area contributed by atoms with Crippen LogP contribution >= 0.6 is 0 Å². The Balaban J connectivity index is 3.28. The SMILES string of the molecule is CCCOC(=O)C(=Cc1cc(OC)c(O)c(OC)c1)C(=O)OCCC. The maximum absolute atomic E-state index is 12.2. The van der Waals surface area contributed by atoms with Gasteiger partial charge in [0.25, 0.3) is 0 Å². The summed E-state index contributed by atoms with van der Waals surface area (Å²) in [5, 5.41) is 9.94. The zero-order valence-corrected chi connectivity index (χ0v) is 15.0. The van der Waals surface area contributed by atoms with Gasteiger partial charge < -0.3 is 24.1 Å². The van der Waals surface area contributed by atoms with Gasteiger partial charge in [-0.1, -0.05) is 13.8 Å². The number of esters is 2. The van der Waals surface area contributed by atoms with Gasteiger partial charge >= 0.3 is 11.9 Å². The summed E-state index contributed by atoms with van der Waals surface area (Å²) >= 11 is 0. The Morgan fingerprint density at radius 1 is 0.960 bits per heavy atom. The molecule has 7 nitrogen and oxygen atoms in total. The van der Waals surface area contributed by atoms with Crippen LogP contribution in [0.1, 0.15) is 32.3 Å². The van der Waals surface area contributed by atoms with Gasteiger partial charge in [-0.05, 0) is 36.6 Å².